The Balaban J connectivity index is 1.86. The lowest BCUT2D eigenvalue weighted by Crippen LogP contribution is -2.12. The first kappa shape index (κ1) is 18.2. The molecule has 0 amide bonds. The van der Waals surface area contributed by atoms with Crippen LogP contribution in [0, 0.1) is 6.92 Å². The van der Waals surface area contributed by atoms with E-state index >= 15 is 0 Å². The van der Waals surface area contributed by atoms with Gasteiger partial charge in [-0.05, 0) is 30.9 Å². The lowest BCUT2D eigenvalue weighted by Gasteiger charge is -2.18. The monoisotopic (exact) mass is 370 g/mol. The van der Waals surface area contributed by atoms with Crippen LogP contribution in [-0.4, -0.2) is 14.6 Å². The molecule has 0 bridgehead atoms. The molecule has 1 atom stereocenters. The highest BCUT2D eigenvalue weighted by molar-refractivity contribution is 5.81. The summed E-state index contributed by atoms with van der Waals surface area (Å²) < 4.78 is 1.95. The van der Waals surface area contributed by atoms with E-state index in [1.807, 2.05) is 16.6 Å². The smallest absolute Gasteiger partial charge is 0.165 e. The Labute approximate surface area is 166 Å². The van der Waals surface area contributed by atoms with Gasteiger partial charge in [0.15, 0.2) is 5.65 Å². The van der Waals surface area contributed by atoms with Gasteiger partial charge < -0.3 is 5.32 Å². The summed E-state index contributed by atoms with van der Waals surface area (Å²) in [4.78, 5) is 4.97. The number of nitrogens with zero attached hydrogens (tertiary/aromatic N) is 3. The highest BCUT2D eigenvalue weighted by atomic mass is 15.3. The Kier molecular flexibility index (Phi) is 4.86. The van der Waals surface area contributed by atoms with Crippen molar-refractivity contribution in [3.05, 3.63) is 83.7 Å². The fraction of sp³-hybridized carbons (Fsp3) is 0.250. The van der Waals surface area contributed by atoms with Gasteiger partial charge in [0.05, 0.1) is 5.69 Å². The molecule has 0 spiro atoms. The number of fused-ring (bicyclic) bond motifs is 1. The fourth-order valence-corrected chi connectivity index (χ4v) is 3.53. The van der Waals surface area contributed by atoms with E-state index in [-0.39, 0.29) is 6.04 Å². The van der Waals surface area contributed by atoms with Crippen LogP contribution < -0.4 is 5.32 Å². The third kappa shape index (κ3) is 3.38. The van der Waals surface area contributed by atoms with Crippen molar-refractivity contribution in [3.63, 3.8) is 0 Å². The first-order valence-corrected chi connectivity index (χ1v) is 9.81. The molecule has 28 heavy (non-hydrogen) atoms. The van der Waals surface area contributed by atoms with Gasteiger partial charge in [0.2, 0.25) is 0 Å². The summed E-state index contributed by atoms with van der Waals surface area (Å²) in [5.41, 5.74) is 6.43. The molecular formula is C24H26N4. The summed E-state index contributed by atoms with van der Waals surface area (Å²) in [7, 11) is 0. The average Bonchev–Trinajstić information content (AvgIpc) is 3.05. The largest absolute Gasteiger partial charge is 0.363 e. The molecule has 4 nitrogen and oxygen atoms in total. The van der Waals surface area contributed by atoms with Crippen molar-refractivity contribution in [1.82, 2.24) is 14.6 Å². The molecule has 0 aliphatic carbocycles. The van der Waals surface area contributed by atoms with E-state index in [0.29, 0.717) is 5.92 Å². The maximum Gasteiger partial charge on any atom is 0.165 e. The Morgan fingerprint density at radius 3 is 2.18 bits per heavy atom. The van der Waals surface area contributed by atoms with Crippen LogP contribution in [0.4, 0.5) is 5.82 Å². The van der Waals surface area contributed by atoms with Gasteiger partial charge in [-0.25, -0.2) is 4.98 Å². The quantitative estimate of drug-likeness (QED) is 0.468. The van der Waals surface area contributed by atoms with E-state index in [4.69, 9.17) is 10.1 Å². The van der Waals surface area contributed by atoms with Gasteiger partial charge in [0, 0.05) is 23.4 Å². The minimum absolute atomic E-state index is 0.163. The van der Waals surface area contributed by atoms with Crippen LogP contribution in [-0.2, 0) is 0 Å². The Hall–Kier alpha value is -3.14. The van der Waals surface area contributed by atoms with E-state index in [9.17, 15) is 0 Å². The zero-order valence-electron chi connectivity index (χ0n) is 16.8. The van der Waals surface area contributed by atoms with Crippen molar-refractivity contribution in [2.75, 3.05) is 5.32 Å². The summed E-state index contributed by atoms with van der Waals surface area (Å²) >= 11 is 0. The summed E-state index contributed by atoms with van der Waals surface area (Å²) in [5, 5.41) is 8.48. The molecular weight excluding hydrogens is 344 g/mol. The van der Waals surface area contributed by atoms with Crippen LogP contribution in [0.25, 0.3) is 16.8 Å². The normalized spacial score (nSPS) is 12.5. The molecule has 0 aliphatic rings. The van der Waals surface area contributed by atoms with Crippen LogP contribution in [0.15, 0.2) is 66.7 Å². The molecule has 0 unspecified atom stereocenters. The van der Waals surface area contributed by atoms with Crippen LogP contribution in [0.2, 0.25) is 0 Å². The van der Waals surface area contributed by atoms with Gasteiger partial charge in [-0.15, -0.1) is 0 Å². The first-order chi connectivity index (χ1) is 13.5. The number of aryl methyl sites for hydroxylation is 1. The molecule has 0 aliphatic heterocycles. The predicted octanol–water partition coefficient (Wildman–Crippen LogP) is 6.00. The van der Waals surface area contributed by atoms with Gasteiger partial charge in [-0.3, -0.25) is 0 Å². The van der Waals surface area contributed by atoms with E-state index in [1.165, 1.54) is 5.56 Å². The van der Waals surface area contributed by atoms with Crippen LogP contribution in [0.3, 0.4) is 0 Å². The molecule has 2 aromatic carbocycles. The molecule has 1 N–H and O–H groups in total. The molecule has 142 valence electrons. The van der Waals surface area contributed by atoms with Crippen LogP contribution in [0.5, 0.6) is 0 Å². The SMILES string of the molecule is Cc1nn2c(N[C@@H](C)c3ccccc3)cc(C(C)C)nc2c1-c1ccccc1. The van der Waals surface area contributed by atoms with Crippen molar-refractivity contribution in [2.24, 2.45) is 0 Å². The summed E-state index contributed by atoms with van der Waals surface area (Å²) in [6, 6.07) is 23.1. The minimum atomic E-state index is 0.163. The lowest BCUT2D eigenvalue weighted by molar-refractivity contribution is 0.793. The van der Waals surface area contributed by atoms with Gasteiger partial charge in [0.1, 0.15) is 5.82 Å². The molecule has 0 saturated heterocycles. The number of anilines is 1. The topological polar surface area (TPSA) is 42.2 Å². The summed E-state index contributed by atoms with van der Waals surface area (Å²) in [6.07, 6.45) is 0. The molecule has 2 heterocycles. The van der Waals surface area contributed by atoms with Gasteiger partial charge in [-0.2, -0.15) is 9.61 Å². The Morgan fingerprint density at radius 1 is 0.893 bits per heavy atom. The second kappa shape index (κ2) is 7.47. The maximum atomic E-state index is 4.97. The van der Waals surface area contributed by atoms with E-state index in [2.05, 4.69) is 87.6 Å². The van der Waals surface area contributed by atoms with E-state index in [1.54, 1.807) is 0 Å². The van der Waals surface area contributed by atoms with Crippen molar-refractivity contribution >= 4 is 11.5 Å². The van der Waals surface area contributed by atoms with Crippen molar-refractivity contribution < 1.29 is 0 Å². The molecule has 4 heteroatoms. The second-order valence-electron chi connectivity index (χ2n) is 7.56. The van der Waals surface area contributed by atoms with Crippen LogP contribution >= 0.6 is 0 Å². The van der Waals surface area contributed by atoms with Gasteiger partial charge in [0.25, 0.3) is 0 Å². The standard InChI is InChI=1S/C24H26N4/c1-16(2)21-15-22(25-17(3)19-11-7-5-8-12-19)28-24(26-21)23(18(4)27-28)20-13-9-6-10-14-20/h5-17,25H,1-4H3/t17-/m0/s1. The zero-order valence-corrected chi connectivity index (χ0v) is 16.8. The van der Waals surface area contributed by atoms with E-state index in [0.717, 1.165) is 34.0 Å². The third-order valence-electron chi connectivity index (χ3n) is 5.10. The van der Waals surface area contributed by atoms with Crippen molar-refractivity contribution in [3.8, 4) is 11.1 Å². The molecule has 4 aromatic rings. The first-order valence-electron chi connectivity index (χ1n) is 9.81. The minimum Gasteiger partial charge on any atom is -0.363 e. The highest BCUT2D eigenvalue weighted by Gasteiger charge is 2.18. The van der Waals surface area contributed by atoms with Gasteiger partial charge >= 0.3 is 0 Å². The number of rotatable bonds is 5. The predicted molar refractivity (Wildman–Crippen MR) is 116 cm³/mol. The van der Waals surface area contributed by atoms with Crippen LogP contribution in [0.1, 0.15) is 49.7 Å². The van der Waals surface area contributed by atoms with E-state index < -0.39 is 0 Å². The number of aromatic nitrogens is 3. The summed E-state index contributed by atoms with van der Waals surface area (Å²) in [5.74, 6) is 1.30. The average molecular weight is 371 g/mol. The summed E-state index contributed by atoms with van der Waals surface area (Å²) in [6.45, 7) is 8.57. The third-order valence-corrected chi connectivity index (χ3v) is 5.10. The zero-order chi connectivity index (χ0) is 19.7. The lowest BCUT2D eigenvalue weighted by atomic mass is 10.1. The second-order valence-corrected chi connectivity index (χ2v) is 7.56. The number of hydrogen-bond donors (Lipinski definition) is 1. The molecule has 0 fully saturated rings. The fourth-order valence-electron chi connectivity index (χ4n) is 3.53. The molecule has 0 radical (unpaired) electrons. The number of nitrogens with one attached hydrogen (secondary N) is 1. The Morgan fingerprint density at radius 2 is 1.54 bits per heavy atom. The highest BCUT2D eigenvalue weighted by Crippen LogP contribution is 2.31. The number of hydrogen-bond acceptors (Lipinski definition) is 3. The molecule has 2 aromatic heterocycles. The number of benzene rings is 2. The molecule has 4 rings (SSSR count). The van der Waals surface area contributed by atoms with Crippen molar-refractivity contribution in [1.29, 1.82) is 0 Å². The maximum absolute atomic E-state index is 4.97. The molecule has 0 saturated carbocycles. The Bertz CT molecular complexity index is 1080. The van der Waals surface area contributed by atoms with Gasteiger partial charge in [-0.1, -0.05) is 74.5 Å². The van der Waals surface area contributed by atoms with Crippen molar-refractivity contribution in [2.45, 2.75) is 39.7 Å².